The maximum Gasteiger partial charge on any atom is 0.417 e. The van der Waals surface area contributed by atoms with Gasteiger partial charge in [-0.15, -0.1) is 0 Å². The fourth-order valence-corrected chi connectivity index (χ4v) is 4.38. The molecule has 0 saturated heterocycles. The first-order valence-corrected chi connectivity index (χ1v) is 12.0. The van der Waals surface area contributed by atoms with Gasteiger partial charge in [0.1, 0.15) is 16.6 Å². The Morgan fingerprint density at radius 1 is 1.21 bits per heavy atom. The quantitative estimate of drug-likeness (QED) is 0.321. The molecular formula is C25H20ClF3N6O3. The molecule has 0 amide bonds. The number of carboxylic acid groups (broad SMARTS) is 1. The summed E-state index contributed by atoms with van der Waals surface area (Å²) in [5, 5.41) is 12.2. The lowest BCUT2D eigenvalue weighted by Crippen LogP contribution is -2.23. The number of rotatable bonds is 6. The van der Waals surface area contributed by atoms with Crippen LogP contribution >= 0.6 is 11.6 Å². The van der Waals surface area contributed by atoms with Crippen LogP contribution in [0.4, 0.5) is 18.9 Å². The molecule has 196 valence electrons. The van der Waals surface area contributed by atoms with Crippen LogP contribution in [0.3, 0.4) is 0 Å². The second kappa shape index (κ2) is 9.67. The number of carboxylic acids is 1. The van der Waals surface area contributed by atoms with E-state index in [4.69, 9.17) is 11.6 Å². The van der Waals surface area contributed by atoms with Gasteiger partial charge >= 0.3 is 12.1 Å². The second-order valence-electron chi connectivity index (χ2n) is 8.98. The van der Waals surface area contributed by atoms with Crippen LogP contribution in [-0.4, -0.2) is 35.4 Å². The van der Waals surface area contributed by atoms with Crippen LogP contribution in [0.1, 0.15) is 58.2 Å². The van der Waals surface area contributed by atoms with Gasteiger partial charge < -0.3 is 10.4 Å². The SMILES string of the molecule is Cc1c(-c2cnc(C3CCC3)nc2)nc2c(CNc3ccc(Cl)nc3C(=O)O)cc(C(F)(F)F)cn2c1=O. The molecule has 4 aromatic rings. The molecule has 4 aromatic heterocycles. The van der Waals surface area contributed by atoms with Crippen LogP contribution in [0.25, 0.3) is 16.9 Å². The highest BCUT2D eigenvalue weighted by atomic mass is 35.5. The average molecular weight is 545 g/mol. The molecule has 1 saturated carbocycles. The van der Waals surface area contributed by atoms with Gasteiger partial charge in [0.15, 0.2) is 5.69 Å². The van der Waals surface area contributed by atoms with Crippen LogP contribution in [0.2, 0.25) is 5.15 Å². The Hall–Kier alpha value is -4.06. The number of aromatic carboxylic acids is 1. The van der Waals surface area contributed by atoms with Gasteiger partial charge in [0.25, 0.3) is 5.56 Å². The molecule has 0 aliphatic heterocycles. The first kappa shape index (κ1) is 25.6. The number of pyridine rings is 2. The predicted octanol–water partition coefficient (Wildman–Crippen LogP) is 5.10. The molecule has 0 unspecified atom stereocenters. The van der Waals surface area contributed by atoms with E-state index in [2.05, 4.69) is 25.3 Å². The summed E-state index contributed by atoms with van der Waals surface area (Å²) in [4.78, 5) is 41.9. The van der Waals surface area contributed by atoms with E-state index in [1.165, 1.54) is 19.1 Å². The summed E-state index contributed by atoms with van der Waals surface area (Å²) < 4.78 is 42.0. The largest absolute Gasteiger partial charge is 0.476 e. The van der Waals surface area contributed by atoms with Crippen LogP contribution in [0, 0.1) is 6.92 Å². The van der Waals surface area contributed by atoms with E-state index < -0.39 is 29.0 Å². The van der Waals surface area contributed by atoms with Crippen molar-refractivity contribution in [2.24, 2.45) is 0 Å². The number of nitrogens with one attached hydrogen (secondary N) is 1. The number of carbonyl (C=O) groups is 1. The minimum Gasteiger partial charge on any atom is -0.476 e. The number of nitrogens with zero attached hydrogens (tertiary/aromatic N) is 5. The molecule has 0 aromatic carbocycles. The maximum atomic E-state index is 13.7. The molecule has 0 radical (unpaired) electrons. The number of anilines is 1. The molecular weight excluding hydrogens is 525 g/mol. The highest BCUT2D eigenvalue weighted by Crippen LogP contribution is 2.35. The molecule has 38 heavy (non-hydrogen) atoms. The van der Waals surface area contributed by atoms with Crippen LogP contribution in [0.5, 0.6) is 0 Å². The molecule has 5 rings (SSSR count). The fourth-order valence-electron chi connectivity index (χ4n) is 4.23. The van der Waals surface area contributed by atoms with Gasteiger partial charge in [0.05, 0.1) is 16.9 Å². The molecule has 1 aliphatic carbocycles. The molecule has 9 nitrogen and oxygen atoms in total. The summed E-state index contributed by atoms with van der Waals surface area (Å²) >= 11 is 5.79. The highest BCUT2D eigenvalue weighted by molar-refractivity contribution is 6.29. The fraction of sp³-hybridized carbons (Fsp3) is 0.280. The predicted molar refractivity (Wildman–Crippen MR) is 132 cm³/mol. The van der Waals surface area contributed by atoms with Crippen molar-refractivity contribution in [3.05, 3.63) is 80.5 Å². The van der Waals surface area contributed by atoms with E-state index in [1.807, 2.05) is 0 Å². The summed E-state index contributed by atoms with van der Waals surface area (Å²) in [5.74, 6) is -0.362. The molecule has 0 spiro atoms. The molecule has 13 heteroatoms. The second-order valence-corrected chi connectivity index (χ2v) is 9.37. The summed E-state index contributed by atoms with van der Waals surface area (Å²) in [5.41, 5.74) is -1.29. The van der Waals surface area contributed by atoms with Crippen LogP contribution in [0.15, 0.2) is 41.6 Å². The van der Waals surface area contributed by atoms with E-state index in [0.29, 0.717) is 23.5 Å². The average Bonchev–Trinajstić information content (AvgIpc) is 2.84. The van der Waals surface area contributed by atoms with Crippen molar-refractivity contribution < 1.29 is 23.1 Å². The van der Waals surface area contributed by atoms with E-state index in [0.717, 1.165) is 29.7 Å². The maximum absolute atomic E-state index is 13.7. The van der Waals surface area contributed by atoms with E-state index in [-0.39, 0.29) is 39.9 Å². The first-order valence-electron chi connectivity index (χ1n) is 11.6. The molecule has 1 aliphatic rings. The third kappa shape index (κ3) is 4.78. The van der Waals surface area contributed by atoms with Crippen molar-refractivity contribution in [1.29, 1.82) is 0 Å². The summed E-state index contributed by atoms with van der Waals surface area (Å²) in [6.45, 7) is 1.19. The lowest BCUT2D eigenvalue weighted by atomic mass is 9.85. The van der Waals surface area contributed by atoms with Gasteiger partial charge in [0, 0.05) is 47.7 Å². The first-order chi connectivity index (χ1) is 18.0. The molecule has 1 fully saturated rings. The monoisotopic (exact) mass is 544 g/mol. The number of fused-ring (bicyclic) bond motifs is 1. The molecule has 4 heterocycles. The van der Waals surface area contributed by atoms with Crippen molar-refractivity contribution in [2.75, 3.05) is 5.32 Å². The zero-order valence-corrected chi connectivity index (χ0v) is 20.6. The smallest absolute Gasteiger partial charge is 0.417 e. The van der Waals surface area contributed by atoms with E-state index in [9.17, 15) is 27.9 Å². The lowest BCUT2D eigenvalue weighted by molar-refractivity contribution is -0.137. The highest BCUT2D eigenvalue weighted by Gasteiger charge is 2.32. The van der Waals surface area contributed by atoms with Gasteiger partial charge in [-0.05, 0) is 38.0 Å². The summed E-state index contributed by atoms with van der Waals surface area (Å²) in [7, 11) is 0. The zero-order valence-electron chi connectivity index (χ0n) is 19.9. The Bertz CT molecular complexity index is 1620. The Morgan fingerprint density at radius 3 is 2.53 bits per heavy atom. The van der Waals surface area contributed by atoms with E-state index in [1.54, 1.807) is 12.4 Å². The van der Waals surface area contributed by atoms with E-state index >= 15 is 0 Å². The van der Waals surface area contributed by atoms with Crippen molar-refractivity contribution in [3.63, 3.8) is 0 Å². The number of hydrogen-bond donors (Lipinski definition) is 2. The third-order valence-corrected chi connectivity index (χ3v) is 6.71. The van der Waals surface area contributed by atoms with Crippen molar-refractivity contribution in [3.8, 4) is 11.3 Å². The number of halogens is 4. The Kier molecular flexibility index (Phi) is 6.51. The minimum absolute atomic E-state index is 0.0106. The van der Waals surface area contributed by atoms with Crippen molar-refractivity contribution >= 4 is 28.9 Å². The Balaban J connectivity index is 1.62. The van der Waals surface area contributed by atoms with Gasteiger partial charge in [-0.2, -0.15) is 13.2 Å². The minimum atomic E-state index is -4.74. The van der Waals surface area contributed by atoms with Gasteiger partial charge in [-0.3, -0.25) is 9.20 Å². The third-order valence-electron chi connectivity index (χ3n) is 6.50. The van der Waals surface area contributed by atoms with Gasteiger partial charge in [0.2, 0.25) is 0 Å². The van der Waals surface area contributed by atoms with Crippen LogP contribution in [-0.2, 0) is 12.7 Å². The summed E-state index contributed by atoms with van der Waals surface area (Å²) in [6, 6.07) is 3.57. The normalized spacial score (nSPS) is 13.9. The summed E-state index contributed by atoms with van der Waals surface area (Å²) in [6.07, 6.45) is 2.23. The van der Waals surface area contributed by atoms with Crippen molar-refractivity contribution in [2.45, 2.75) is 44.8 Å². The van der Waals surface area contributed by atoms with Gasteiger partial charge in [-0.1, -0.05) is 18.0 Å². The Morgan fingerprint density at radius 2 is 1.92 bits per heavy atom. The van der Waals surface area contributed by atoms with Gasteiger partial charge in [-0.25, -0.2) is 24.7 Å². The molecule has 2 N–H and O–H groups in total. The van der Waals surface area contributed by atoms with Crippen LogP contribution < -0.4 is 10.9 Å². The van der Waals surface area contributed by atoms with Crippen molar-refractivity contribution in [1.82, 2.24) is 24.3 Å². The lowest BCUT2D eigenvalue weighted by Gasteiger charge is -2.23. The molecule has 0 bridgehead atoms. The number of hydrogen-bond acceptors (Lipinski definition) is 7. The zero-order chi connectivity index (χ0) is 27.2. The topological polar surface area (TPSA) is 122 Å². The Labute approximate surface area is 218 Å². The molecule has 0 atom stereocenters. The number of alkyl halides is 3. The standard InChI is InChI=1S/C25H20ClF3N6O3/c1-12-19(15-9-31-21(32-10-15)13-3-2-4-13)34-22-14(7-16(25(27,28)29)11-35(22)23(12)36)8-30-17-5-6-18(26)33-20(17)24(37)38/h5-7,9-11,13,30H,2-4,8H2,1H3,(H,37,38). The number of aromatic nitrogens is 5.